The average Bonchev–Trinajstić information content (AvgIpc) is 2.38. The van der Waals surface area contributed by atoms with Crippen molar-refractivity contribution in [2.75, 3.05) is 0 Å². The zero-order chi connectivity index (χ0) is 13.6. The highest BCUT2D eigenvalue weighted by molar-refractivity contribution is 5.53. The summed E-state index contributed by atoms with van der Waals surface area (Å²) in [5.41, 5.74) is 1.23. The molecule has 1 aromatic carbocycles. The molecule has 3 heteroatoms. The van der Waals surface area contributed by atoms with E-state index in [9.17, 15) is 10.2 Å². The van der Waals surface area contributed by atoms with Gasteiger partial charge in [0.1, 0.15) is 17.1 Å². The number of allylic oxidation sites excluding steroid dienone is 2. The number of hydrogen-bond donors (Lipinski definition) is 2. The Morgan fingerprint density at radius 3 is 2.74 bits per heavy atom. The smallest absolute Gasteiger partial charge is 0.128 e. The molecule has 1 aliphatic carbocycles. The third-order valence-electron chi connectivity index (χ3n) is 4.50. The summed E-state index contributed by atoms with van der Waals surface area (Å²) in [5.74, 6) is 1.61. The van der Waals surface area contributed by atoms with Gasteiger partial charge in [0.15, 0.2) is 0 Å². The minimum Gasteiger partial charge on any atom is -0.507 e. The lowest BCUT2D eigenvalue weighted by Gasteiger charge is -2.46. The number of aliphatic hydroxyl groups excluding tert-OH is 1. The van der Waals surface area contributed by atoms with Crippen LogP contribution in [-0.2, 0) is 6.61 Å². The number of aromatic hydroxyl groups is 1. The van der Waals surface area contributed by atoms with E-state index in [0.717, 1.165) is 24.2 Å². The minimum absolute atomic E-state index is 0.143. The molecule has 2 aliphatic rings. The predicted molar refractivity (Wildman–Crippen MR) is 73.3 cm³/mol. The number of rotatable bonds is 1. The van der Waals surface area contributed by atoms with Crippen molar-refractivity contribution >= 4 is 0 Å². The molecule has 1 heterocycles. The summed E-state index contributed by atoms with van der Waals surface area (Å²) < 4.78 is 6.09. The molecule has 0 fully saturated rings. The third kappa shape index (κ3) is 1.84. The number of ether oxygens (including phenoxy) is 1. The molecule has 0 radical (unpaired) electrons. The van der Waals surface area contributed by atoms with Crippen molar-refractivity contribution in [2.45, 2.75) is 44.8 Å². The van der Waals surface area contributed by atoms with E-state index in [4.69, 9.17) is 4.74 Å². The quantitative estimate of drug-likeness (QED) is 0.763. The maximum absolute atomic E-state index is 10.4. The average molecular weight is 260 g/mol. The monoisotopic (exact) mass is 260 g/mol. The molecule has 1 aromatic rings. The summed E-state index contributed by atoms with van der Waals surface area (Å²) in [6, 6.07) is 3.61. The van der Waals surface area contributed by atoms with Gasteiger partial charge in [0.05, 0.1) is 6.61 Å². The van der Waals surface area contributed by atoms with Crippen LogP contribution in [0.5, 0.6) is 11.5 Å². The lowest BCUT2D eigenvalue weighted by molar-refractivity contribution is 0.00835. The normalized spacial score (nSPS) is 27.3. The van der Waals surface area contributed by atoms with Crippen molar-refractivity contribution in [1.29, 1.82) is 0 Å². The highest BCUT2D eigenvalue weighted by atomic mass is 16.5. The summed E-state index contributed by atoms with van der Waals surface area (Å²) in [7, 11) is 0. The van der Waals surface area contributed by atoms with Gasteiger partial charge in [0.2, 0.25) is 0 Å². The van der Waals surface area contributed by atoms with Crippen LogP contribution in [0.3, 0.4) is 0 Å². The van der Waals surface area contributed by atoms with Crippen LogP contribution in [0.4, 0.5) is 0 Å². The van der Waals surface area contributed by atoms with Gasteiger partial charge in [-0.15, -0.1) is 0 Å². The number of fused-ring (bicyclic) bond motifs is 3. The van der Waals surface area contributed by atoms with Gasteiger partial charge in [-0.1, -0.05) is 12.2 Å². The molecule has 0 amide bonds. The summed E-state index contributed by atoms with van der Waals surface area (Å²) in [6.45, 7) is 4.09. The molecule has 19 heavy (non-hydrogen) atoms. The molecule has 102 valence electrons. The van der Waals surface area contributed by atoms with Crippen molar-refractivity contribution in [2.24, 2.45) is 5.92 Å². The van der Waals surface area contributed by atoms with Gasteiger partial charge >= 0.3 is 0 Å². The van der Waals surface area contributed by atoms with Gasteiger partial charge in [-0.05, 0) is 38.8 Å². The van der Waals surface area contributed by atoms with E-state index in [0.29, 0.717) is 11.5 Å². The summed E-state index contributed by atoms with van der Waals surface area (Å²) in [4.78, 5) is 0. The molecule has 0 saturated carbocycles. The predicted octanol–water partition coefficient (Wildman–Crippen LogP) is 3.11. The summed E-state index contributed by atoms with van der Waals surface area (Å²) in [5, 5.41) is 19.7. The standard InChI is InChI=1S/C16H20O3/c1-16(2)12-6-4-3-5-11(12)14-13(19-16)8-7-10(9-17)15(14)18/h3-4,7-8,11-12,17-18H,5-6,9H2,1-2H3. The van der Waals surface area contributed by atoms with E-state index >= 15 is 0 Å². The first kappa shape index (κ1) is 12.5. The fourth-order valence-electron chi connectivity index (χ4n) is 3.47. The first-order valence-corrected chi connectivity index (χ1v) is 6.84. The molecule has 1 aliphatic heterocycles. The van der Waals surface area contributed by atoms with E-state index < -0.39 is 0 Å². The Labute approximate surface area is 113 Å². The van der Waals surface area contributed by atoms with Crippen LogP contribution in [0.1, 0.15) is 43.7 Å². The van der Waals surface area contributed by atoms with Gasteiger partial charge in [-0.2, -0.15) is 0 Å². The van der Waals surface area contributed by atoms with E-state index in [1.165, 1.54) is 0 Å². The van der Waals surface area contributed by atoms with Crippen molar-refractivity contribution in [3.8, 4) is 11.5 Å². The van der Waals surface area contributed by atoms with Gasteiger partial charge < -0.3 is 14.9 Å². The van der Waals surface area contributed by atoms with E-state index in [1.807, 2.05) is 6.07 Å². The van der Waals surface area contributed by atoms with Crippen LogP contribution < -0.4 is 4.74 Å². The number of hydrogen-bond acceptors (Lipinski definition) is 3. The molecule has 0 bridgehead atoms. The Kier molecular flexibility index (Phi) is 2.82. The van der Waals surface area contributed by atoms with Gasteiger partial charge in [-0.25, -0.2) is 0 Å². The topological polar surface area (TPSA) is 49.7 Å². The van der Waals surface area contributed by atoms with Gasteiger partial charge in [-0.3, -0.25) is 0 Å². The summed E-state index contributed by atoms with van der Waals surface area (Å²) >= 11 is 0. The molecule has 3 rings (SSSR count). The molecule has 3 nitrogen and oxygen atoms in total. The molecule has 2 atom stereocenters. The van der Waals surface area contributed by atoms with Crippen LogP contribution in [0.15, 0.2) is 24.3 Å². The van der Waals surface area contributed by atoms with Crippen molar-refractivity contribution in [1.82, 2.24) is 0 Å². The fraction of sp³-hybridized carbons (Fsp3) is 0.500. The van der Waals surface area contributed by atoms with Crippen LogP contribution in [-0.4, -0.2) is 15.8 Å². The molecule has 0 aromatic heterocycles. The minimum atomic E-state index is -0.227. The third-order valence-corrected chi connectivity index (χ3v) is 4.50. The number of phenols is 1. The van der Waals surface area contributed by atoms with Gasteiger partial charge in [0, 0.05) is 23.0 Å². The second kappa shape index (κ2) is 4.27. The molecule has 2 unspecified atom stereocenters. The van der Waals surface area contributed by atoms with Crippen molar-refractivity contribution < 1.29 is 14.9 Å². The summed E-state index contributed by atoms with van der Waals surface area (Å²) in [6.07, 6.45) is 6.27. The van der Waals surface area contributed by atoms with Crippen LogP contribution in [0.2, 0.25) is 0 Å². The molecule has 0 spiro atoms. The Bertz CT molecular complexity index is 531. The largest absolute Gasteiger partial charge is 0.507 e. The Morgan fingerprint density at radius 1 is 1.26 bits per heavy atom. The Balaban J connectivity index is 2.16. The molecule has 0 saturated heterocycles. The zero-order valence-electron chi connectivity index (χ0n) is 11.4. The molecular weight excluding hydrogens is 240 g/mol. The van der Waals surface area contributed by atoms with Crippen molar-refractivity contribution in [3.63, 3.8) is 0 Å². The SMILES string of the molecule is CC1(C)Oc2ccc(CO)c(O)c2C2CC=CCC21. The first-order chi connectivity index (χ1) is 9.04. The maximum atomic E-state index is 10.4. The van der Waals surface area contributed by atoms with Crippen LogP contribution in [0.25, 0.3) is 0 Å². The highest BCUT2D eigenvalue weighted by Gasteiger charge is 2.44. The van der Waals surface area contributed by atoms with Gasteiger partial charge in [0.25, 0.3) is 0 Å². The van der Waals surface area contributed by atoms with Crippen molar-refractivity contribution in [3.05, 3.63) is 35.4 Å². The Morgan fingerprint density at radius 2 is 2.00 bits per heavy atom. The van der Waals surface area contributed by atoms with E-state index in [2.05, 4.69) is 26.0 Å². The lowest BCUT2D eigenvalue weighted by Crippen LogP contribution is -2.45. The second-order valence-corrected chi connectivity index (χ2v) is 6.00. The highest BCUT2D eigenvalue weighted by Crippen LogP contribution is 2.53. The number of benzene rings is 1. The second-order valence-electron chi connectivity index (χ2n) is 6.00. The van der Waals surface area contributed by atoms with Crippen LogP contribution in [0, 0.1) is 5.92 Å². The molecule has 2 N–H and O–H groups in total. The Hall–Kier alpha value is -1.48. The maximum Gasteiger partial charge on any atom is 0.128 e. The number of aliphatic hydroxyl groups is 1. The van der Waals surface area contributed by atoms with Crippen LogP contribution >= 0.6 is 0 Å². The van der Waals surface area contributed by atoms with E-state index in [-0.39, 0.29) is 23.9 Å². The lowest BCUT2D eigenvalue weighted by atomic mass is 9.68. The molecular formula is C16H20O3. The first-order valence-electron chi connectivity index (χ1n) is 6.84. The fourth-order valence-corrected chi connectivity index (χ4v) is 3.47. The van der Waals surface area contributed by atoms with E-state index in [1.54, 1.807) is 6.07 Å². The zero-order valence-corrected chi connectivity index (χ0v) is 11.4.